The summed E-state index contributed by atoms with van der Waals surface area (Å²) >= 11 is 0.785. The van der Waals surface area contributed by atoms with Gasteiger partial charge in [-0.2, -0.15) is 13.2 Å². The first-order valence-electron chi connectivity index (χ1n) is 4.60. The van der Waals surface area contributed by atoms with Crippen molar-refractivity contribution in [2.45, 2.75) is 19.5 Å². The van der Waals surface area contributed by atoms with Crippen LogP contribution in [0, 0.1) is 11.8 Å². The topological polar surface area (TPSA) is 39.2 Å². The first kappa shape index (κ1) is 13.5. The van der Waals surface area contributed by atoms with E-state index in [1.165, 1.54) is 0 Å². The number of thiazole rings is 1. The van der Waals surface area contributed by atoms with Crippen LogP contribution in [-0.4, -0.2) is 17.6 Å². The average molecular weight is 263 g/mol. The average Bonchev–Trinajstić information content (AvgIpc) is 2.66. The number of halogens is 3. The predicted octanol–water partition coefficient (Wildman–Crippen LogP) is 2.47. The van der Waals surface area contributed by atoms with Crippen LogP contribution in [0.3, 0.4) is 0 Å². The Kier molecular flexibility index (Phi) is 4.52. The zero-order valence-corrected chi connectivity index (χ0v) is 9.61. The van der Waals surface area contributed by atoms with Crippen LogP contribution < -0.4 is 0 Å². The molecule has 92 valence electrons. The van der Waals surface area contributed by atoms with Gasteiger partial charge in [0, 0.05) is 5.38 Å². The smallest absolute Gasteiger partial charge is 0.434 e. The van der Waals surface area contributed by atoms with Crippen LogP contribution in [0.1, 0.15) is 24.0 Å². The van der Waals surface area contributed by atoms with Gasteiger partial charge in [0.05, 0.1) is 6.61 Å². The SMILES string of the molecule is CCOC(=O)CC#Cc1nc(C(F)(F)F)cs1. The van der Waals surface area contributed by atoms with Crippen LogP contribution in [0.25, 0.3) is 0 Å². The second kappa shape index (κ2) is 5.68. The second-order valence-corrected chi connectivity index (χ2v) is 3.68. The Morgan fingerprint density at radius 2 is 2.29 bits per heavy atom. The van der Waals surface area contributed by atoms with Crippen molar-refractivity contribution in [1.82, 2.24) is 4.98 Å². The lowest BCUT2D eigenvalue weighted by atomic mass is 10.4. The Balaban J connectivity index is 2.61. The number of hydrogen-bond donors (Lipinski definition) is 0. The van der Waals surface area contributed by atoms with Crippen molar-refractivity contribution < 1.29 is 22.7 Å². The molecule has 0 aliphatic carbocycles. The van der Waals surface area contributed by atoms with Crippen molar-refractivity contribution >= 4 is 17.3 Å². The van der Waals surface area contributed by atoms with Crippen LogP contribution in [-0.2, 0) is 15.7 Å². The minimum Gasteiger partial charge on any atom is -0.465 e. The number of esters is 1. The molecule has 3 nitrogen and oxygen atoms in total. The van der Waals surface area contributed by atoms with E-state index in [1.807, 2.05) is 0 Å². The molecule has 0 N–H and O–H groups in total. The molecule has 0 radical (unpaired) electrons. The summed E-state index contributed by atoms with van der Waals surface area (Å²) in [5.41, 5.74) is -0.970. The molecule has 0 aliphatic heterocycles. The van der Waals surface area contributed by atoms with Gasteiger partial charge in [-0.1, -0.05) is 5.92 Å². The first-order chi connectivity index (χ1) is 7.93. The minimum atomic E-state index is -4.46. The van der Waals surface area contributed by atoms with Gasteiger partial charge in [-0.25, -0.2) is 4.98 Å². The molecule has 0 aromatic carbocycles. The summed E-state index contributed by atoms with van der Waals surface area (Å²) in [7, 11) is 0. The molecular weight excluding hydrogens is 255 g/mol. The van der Waals surface area contributed by atoms with E-state index in [0.717, 1.165) is 16.7 Å². The van der Waals surface area contributed by atoms with Crippen molar-refractivity contribution in [2.24, 2.45) is 0 Å². The van der Waals surface area contributed by atoms with E-state index in [0.29, 0.717) is 0 Å². The van der Waals surface area contributed by atoms with Gasteiger partial charge < -0.3 is 4.74 Å². The van der Waals surface area contributed by atoms with Crippen LogP contribution in [0.2, 0.25) is 0 Å². The fraction of sp³-hybridized carbons (Fsp3) is 0.400. The maximum Gasteiger partial charge on any atom is 0.434 e. The van der Waals surface area contributed by atoms with Gasteiger partial charge in [-0.15, -0.1) is 11.3 Å². The normalized spacial score (nSPS) is 10.6. The van der Waals surface area contributed by atoms with Crippen LogP contribution >= 0.6 is 11.3 Å². The van der Waals surface area contributed by atoms with E-state index in [1.54, 1.807) is 6.92 Å². The Bertz CT molecular complexity index is 456. The summed E-state index contributed by atoms with van der Waals surface area (Å²) in [6.07, 6.45) is -4.62. The molecule has 1 aromatic heterocycles. The molecule has 1 aromatic rings. The Morgan fingerprint density at radius 1 is 1.59 bits per heavy atom. The van der Waals surface area contributed by atoms with Crippen molar-refractivity contribution in [3.63, 3.8) is 0 Å². The summed E-state index contributed by atoms with van der Waals surface area (Å²) in [5.74, 6) is 4.28. The molecule has 1 heterocycles. The molecule has 0 saturated heterocycles. The Labute approximate surface area is 99.6 Å². The largest absolute Gasteiger partial charge is 0.465 e. The van der Waals surface area contributed by atoms with Gasteiger partial charge in [0.25, 0.3) is 0 Å². The molecule has 0 saturated carbocycles. The number of rotatable bonds is 2. The predicted molar refractivity (Wildman–Crippen MR) is 55.2 cm³/mol. The summed E-state index contributed by atoms with van der Waals surface area (Å²) in [5, 5.41) is 0.913. The fourth-order valence-corrected chi connectivity index (χ4v) is 1.56. The number of aromatic nitrogens is 1. The van der Waals surface area contributed by atoms with E-state index >= 15 is 0 Å². The Hall–Kier alpha value is -1.55. The van der Waals surface area contributed by atoms with Crippen molar-refractivity contribution in [3.8, 4) is 11.8 Å². The van der Waals surface area contributed by atoms with E-state index in [4.69, 9.17) is 0 Å². The highest BCUT2D eigenvalue weighted by Gasteiger charge is 2.33. The lowest BCUT2D eigenvalue weighted by Crippen LogP contribution is -2.04. The standard InChI is InChI=1S/C10H8F3NO2S/c1-2-16-9(15)5-3-4-8-14-7(6-17-8)10(11,12)13/h6H,2,5H2,1H3. The molecule has 0 atom stereocenters. The zero-order valence-electron chi connectivity index (χ0n) is 8.80. The van der Waals surface area contributed by atoms with Gasteiger partial charge in [-0.3, -0.25) is 4.79 Å². The highest BCUT2D eigenvalue weighted by molar-refractivity contribution is 7.10. The maximum atomic E-state index is 12.2. The highest BCUT2D eigenvalue weighted by Crippen LogP contribution is 2.29. The quantitative estimate of drug-likeness (QED) is 0.607. The molecule has 0 unspecified atom stereocenters. The van der Waals surface area contributed by atoms with Crippen LogP contribution in [0.4, 0.5) is 13.2 Å². The third-order valence-corrected chi connectivity index (χ3v) is 2.29. The zero-order chi connectivity index (χ0) is 12.9. The summed E-state index contributed by atoms with van der Waals surface area (Å²) in [6.45, 7) is 1.90. The lowest BCUT2D eigenvalue weighted by molar-refractivity contribution is -0.142. The number of hydrogen-bond acceptors (Lipinski definition) is 4. The van der Waals surface area contributed by atoms with E-state index in [2.05, 4.69) is 21.6 Å². The van der Waals surface area contributed by atoms with Crippen molar-refractivity contribution in [1.29, 1.82) is 0 Å². The molecule has 0 amide bonds. The summed E-state index contributed by atoms with van der Waals surface area (Å²) < 4.78 is 41.1. The Morgan fingerprint density at radius 3 is 2.82 bits per heavy atom. The molecule has 1 rings (SSSR count). The lowest BCUT2D eigenvalue weighted by Gasteiger charge is -1.98. The van der Waals surface area contributed by atoms with E-state index in [9.17, 15) is 18.0 Å². The third kappa shape index (κ3) is 4.44. The van der Waals surface area contributed by atoms with Crippen molar-refractivity contribution in [3.05, 3.63) is 16.1 Å². The fourth-order valence-electron chi connectivity index (χ4n) is 0.865. The van der Waals surface area contributed by atoms with Gasteiger partial charge in [-0.05, 0) is 12.8 Å². The number of nitrogens with zero attached hydrogens (tertiary/aromatic N) is 1. The molecule has 0 aliphatic rings. The molecule has 17 heavy (non-hydrogen) atoms. The van der Waals surface area contributed by atoms with E-state index in [-0.39, 0.29) is 18.0 Å². The highest BCUT2D eigenvalue weighted by atomic mass is 32.1. The number of alkyl halides is 3. The molecule has 0 spiro atoms. The number of carbonyl (C=O) groups excluding carboxylic acids is 1. The van der Waals surface area contributed by atoms with Gasteiger partial charge in [0.15, 0.2) is 10.7 Å². The number of ether oxygens (including phenoxy) is 1. The number of carbonyl (C=O) groups is 1. The van der Waals surface area contributed by atoms with E-state index < -0.39 is 17.8 Å². The summed E-state index contributed by atoms with van der Waals surface area (Å²) in [6, 6.07) is 0. The minimum absolute atomic E-state index is 0.0293. The summed E-state index contributed by atoms with van der Waals surface area (Å²) in [4.78, 5) is 14.2. The van der Waals surface area contributed by atoms with Crippen LogP contribution in [0.5, 0.6) is 0 Å². The molecule has 0 fully saturated rings. The maximum absolute atomic E-state index is 12.2. The molecule has 0 bridgehead atoms. The van der Waals surface area contributed by atoms with Crippen LogP contribution in [0.15, 0.2) is 5.38 Å². The monoisotopic (exact) mass is 263 g/mol. The molecule has 7 heteroatoms. The second-order valence-electron chi connectivity index (χ2n) is 2.82. The molecular formula is C10H8F3NO2S. The van der Waals surface area contributed by atoms with Crippen molar-refractivity contribution in [2.75, 3.05) is 6.61 Å². The third-order valence-electron chi connectivity index (χ3n) is 1.53. The van der Waals surface area contributed by atoms with Gasteiger partial charge >= 0.3 is 12.1 Å². The van der Waals surface area contributed by atoms with Gasteiger partial charge in [0.2, 0.25) is 0 Å². The first-order valence-corrected chi connectivity index (χ1v) is 5.48. The van der Waals surface area contributed by atoms with Gasteiger partial charge in [0.1, 0.15) is 6.42 Å².